The number of rotatable bonds is 7. The molecule has 1 saturated heterocycles. The summed E-state index contributed by atoms with van der Waals surface area (Å²) in [5.41, 5.74) is 0.409. The molecule has 3 heteroatoms. The van der Waals surface area contributed by atoms with Crippen LogP contribution in [0.5, 0.6) is 0 Å². The first-order valence-corrected chi connectivity index (χ1v) is 7.44. The molecule has 0 aromatic carbocycles. The molecule has 0 bridgehead atoms. The monoisotopic (exact) mass is 256 g/mol. The first-order chi connectivity index (χ1) is 8.45. The number of hydrogen-bond acceptors (Lipinski definition) is 3. The molecule has 0 saturated carbocycles. The average Bonchev–Trinajstić information content (AvgIpc) is 2.29. The summed E-state index contributed by atoms with van der Waals surface area (Å²) in [7, 11) is 2.24. The van der Waals surface area contributed by atoms with E-state index in [2.05, 4.69) is 45.0 Å². The molecule has 0 radical (unpaired) electrons. The normalized spacial score (nSPS) is 20.0. The standard InChI is InChI=1S/C15H32N2O/c1-13(2)10-16-11-15(6-8-18-9-7-15)12-17(5)14(3)4/h13-14,16H,6-12H2,1-5H3. The van der Waals surface area contributed by atoms with Crippen molar-refractivity contribution in [3.63, 3.8) is 0 Å². The minimum absolute atomic E-state index is 0.409. The molecule has 0 atom stereocenters. The molecule has 3 nitrogen and oxygen atoms in total. The van der Waals surface area contributed by atoms with Crippen LogP contribution in [0.3, 0.4) is 0 Å². The Bertz CT molecular complexity index is 223. The molecule has 1 aliphatic rings. The van der Waals surface area contributed by atoms with Gasteiger partial charge in [-0.1, -0.05) is 13.8 Å². The van der Waals surface area contributed by atoms with Gasteiger partial charge in [-0.05, 0) is 51.6 Å². The van der Waals surface area contributed by atoms with Gasteiger partial charge in [-0.25, -0.2) is 0 Å². The Labute approximate surface area is 113 Å². The van der Waals surface area contributed by atoms with Crippen LogP contribution in [0.4, 0.5) is 0 Å². The Morgan fingerprint density at radius 2 is 1.78 bits per heavy atom. The molecular formula is C15H32N2O. The SMILES string of the molecule is CC(C)CNCC1(CN(C)C(C)C)CCOCC1. The molecule has 0 unspecified atom stereocenters. The zero-order valence-electron chi connectivity index (χ0n) is 13.0. The second-order valence-electron chi connectivity index (χ2n) is 6.65. The molecule has 1 aliphatic heterocycles. The van der Waals surface area contributed by atoms with E-state index < -0.39 is 0 Å². The molecule has 1 N–H and O–H groups in total. The third kappa shape index (κ3) is 5.25. The molecule has 0 spiro atoms. The van der Waals surface area contributed by atoms with Gasteiger partial charge in [0.05, 0.1) is 0 Å². The molecular weight excluding hydrogens is 224 g/mol. The van der Waals surface area contributed by atoms with Crippen molar-refractivity contribution in [3.05, 3.63) is 0 Å². The van der Waals surface area contributed by atoms with E-state index in [1.165, 1.54) is 19.4 Å². The smallest absolute Gasteiger partial charge is 0.0472 e. The second kappa shape index (κ2) is 7.46. The van der Waals surface area contributed by atoms with Crippen LogP contribution in [0.1, 0.15) is 40.5 Å². The summed E-state index contributed by atoms with van der Waals surface area (Å²) in [5, 5.41) is 3.66. The number of hydrogen-bond donors (Lipinski definition) is 1. The van der Waals surface area contributed by atoms with Gasteiger partial charge in [0.1, 0.15) is 0 Å². The summed E-state index contributed by atoms with van der Waals surface area (Å²) in [4.78, 5) is 2.47. The summed E-state index contributed by atoms with van der Waals surface area (Å²) >= 11 is 0. The number of nitrogens with zero attached hydrogens (tertiary/aromatic N) is 1. The molecule has 0 aromatic heterocycles. The van der Waals surface area contributed by atoms with Crippen LogP contribution in [0, 0.1) is 11.3 Å². The van der Waals surface area contributed by atoms with Crippen molar-refractivity contribution in [2.75, 3.05) is 39.9 Å². The van der Waals surface area contributed by atoms with Crippen LogP contribution in [0.25, 0.3) is 0 Å². The molecule has 1 rings (SSSR count). The summed E-state index contributed by atoms with van der Waals surface area (Å²) < 4.78 is 5.55. The predicted octanol–water partition coefficient (Wildman–Crippen LogP) is 2.37. The molecule has 0 aliphatic carbocycles. The van der Waals surface area contributed by atoms with E-state index in [0.717, 1.165) is 32.2 Å². The number of nitrogens with one attached hydrogen (secondary N) is 1. The fourth-order valence-electron chi connectivity index (χ4n) is 2.53. The molecule has 1 heterocycles. The van der Waals surface area contributed by atoms with Crippen LogP contribution < -0.4 is 5.32 Å². The number of ether oxygens (including phenoxy) is 1. The van der Waals surface area contributed by atoms with Crippen molar-refractivity contribution in [1.82, 2.24) is 10.2 Å². The van der Waals surface area contributed by atoms with Gasteiger partial charge in [-0.15, -0.1) is 0 Å². The quantitative estimate of drug-likeness (QED) is 0.757. The van der Waals surface area contributed by atoms with Crippen LogP contribution in [0.2, 0.25) is 0 Å². The van der Waals surface area contributed by atoms with Gasteiger partial charge in [0, 0.05) is 32.3 Å². The van der Waals surface area contributed by atoms with Gasteiger partial charge in [-0.2, -0.15) is 0 Å². The third-order valence-corrected chi connectivity index (χ3v) is 4.07. The van der Waals surface area contributed by atoms with Crippen molar-refractivity contribution in [1.29, 1.82) is 0 Å². The first-order valence-electron chi connectivity index (χ1n) is 7.44. The van der Waals surface area contributed by atoms with E-state index in [0.29, 0.717) is 11.5 Å². The Hall–Kier alpha value is -0.120. The summed E-state index contributed by atoms with van der Waals surface area (Å²) in [5.74, 6) is 0.727. The zero-order valence-corrected chi connectivity index (χ0v) is 13.0. The topological polar surface area (TPSA) is 24.5 Å². The summed E-state index contributed by atoms with van der Waals surface area (Å²) in [6.07, 6.45) is 2.38. The van der Waals surface area contributed by atoms with Gasteiger partial charge >= 0.3 is 0 Å². The highest BCUT2D eigenvalue weighted by Gasteiger charge is 2.33. The summed E-state index contributed by atoms with van der Waals surface area (Å²) in [6.45, 7) is 14.4. The molecule has 18 heavy (non-hydrogen) atoms. The van der Waals surface area contributed by atoms with Gasteiger partial charge < -0.3 is 15.0 Å². The highest BCUT2D eigenvalue weighted by molar-refractivity contribution is 4.87. The van der Waals surface area contributed by atoms with Crippen molar-refractivity contribution in [3.8, 4) is 0 Å². The van der Waals surface area contributed by atoms with E-state index in [1.807, 2.05) is 0 Å². The van der Waals surface area contributed by atoms with Gasteiger partial charge in [0.25, 0.3) is 0 Å². The van der Waals surface area contributed by atoms with E-state index in [4.69, 9.17) is 4.74 Å². The lowest BCUT2D eigenvalue weighted by Gasteiger charge is -2.41. The highest BCUT2D eigenvalue weighted by Crippen LogP contribution is 2.31. The average molecular weight is 256 g/mol. The van der Waals surface area contributed by atoms with Crippen molar-refractivity contribution >= 4 is 0 Å². The summed E-state index contributed by atoms with van der Waals surface area (Å²) in [6, 6.07) is 0.620. The maximum Gasteiger partial charge on any atom is 0.0472 e. The minimum Gasteiger partial charge on any atom is -0.381 e. The molecule has 0 amide bonds. The third-order valence-electron chi connectivity index (χ3n) is 4.07. The van der Waals surface area contributed by atoms with Crippen molar-refractivity contribution < 1.29 is 4.74 Å². The van der Waals surface area contributed by atoms with Crippen molar-refractivity contribution in [2.24, 2.45) is 11.3 Å². The largest absolute Gasteiger partial charge is 0.381 e. The Kier molecular flexibility index (Phi) is 6.61. The van der Waals surface area contributed by atoms with Gasteiger partial charge in [0.15, 0.2) is 0 Å². The Balaban J connectivity index is 2.51. The van der Waals surface area contributed by atoms with Crippen LogP contribution >= 0.6 is 0 Å². The van der Waals surface area contributed by atoms with Crippen LogP contribution in [-0.2, 0) is 4.74 Å². The lowest BCUT2D eigenvalue weighted by molar-refractivity contribution is -0.00481. The predicted molar refractivity (Wildman–Crippen MR) is 78.0 cm³/mol. The van der Waals surface area contributed by atoms with Gasteiger partial charge in [-0.3, -0.25) is 0 Å². The Morgan fingerprint density at radius 3 is 2.28 bits per heavy atom. The Morgan fingerprint density at radius 1 is 1.17 bits per heavy atom. The molecule has 108 valence electrons. The van der Waals surface area contributed by atoms with E-state index in [-0.39, 0.29) is 0 Å². The van der Waals surface area contributed by atoms with Crippen LogP contribution in [0.15, 0.2) is 0 Å². The molecule has 0 aromatic rings. The van der Waals surface area contributed by atoms with E-state index in [9.17, 15) is 0 Å². The fourth-order valence-corrected chi connectivity index (χ4v) is 2.53. The first kappa shape index (κ1) is 15.9. The highest BCUT2D eigenvalue weighted by atomic mass is 16.5. The van der Waals surface area contributed by atoms with Gasteiger partial charge in [0.2, 0.25) is 0 Å². The fraction of sp³-hybridized carbons (Fsp3) is 1.00. The molecule has 1 fully saturated rings. The van der Waals surface area contributed by atoms with Crippen molar-refractivity contribution in [2.45, 2.75) is 46.6 Å². The zero-order chi connectivity index (χ0) is 13.6. The second-order valence-corrected chi connectivity index (χ2v) is 6.65. The van der Waals surface area contributed by atoms with E-state index >= 15 is 0 Å². The van der Waals surface area contributed by atoms with E-state index in [1.54, 1.807) is 0 Å². The lowest BCUT2D eigenvalue weighted by atomic mass is 9.79. The lowest BCUT2D eigenvalue weighted by Crippen LogP contribution is -2.48. The maximum absolute atomic E-state index is 5.55. The maximum atomic E-state index is 5.55. The minimum atomic E-state index is 0.409. The van der Waals surface area contributed by atoms with Crippen LogP contribution in [-0.4, -0.2) is 50.8 Å².